The largest absolute Gasteiger partial charge is 0.329 e. The topological polar surface area (TPSA) is 3.24 Å². The molecule has 0 saturated carbocycles. The molecule has 0 aromatic carbocycles. The van der Waals surface area contributed by atoms with Gasteiger partial charge in [0.2, 0.25) is 0 Å². The first-order valence-corrected chi connectivity index (χ1v) is 16.1. The highest BCUT2D eigenvalue weighted by molar-refractivity contribution is 14.4. The van der Waals surface area contributed by atoms with Crippen molar-refractivity contribution in [3.05, 3.63) is 0 Å². The minimum Gasteiger partial charge on any atom is -0.300 e. The molecule has 0 amide bonds. The van der Waals surface area contributed by atoms with Crippen LogP contribution in [-0.2, 0) is 0 Å². The van der Waals surface area contributed by atoms with E-state index in [9.17, 15) is 0 Å². The number of nitrogens with zero attached hydrogens (tertiary/aromatic N) is 1. The van der Waals surface area contributed by atoms with E-state index >= 15 is 0 Å². The van der Waals surface area contributed by atoms with Gasteiger partial charge in [-0.2, -0.15) is 0 Å². The van der Waals surface area contributed by atoms with Crippen molar-refractivity contribution in [2.45, 2.75) is 39.5 Å². The predicted molar refractivity (Wildman–Crippen MR) is 89.2 cm³/mol. The Morgan fingerprint density at radius 2 is 1.31 bits per heavy atom. The molecule has 0 radical (unpaired) electrons. The highest BCUT2D eigenvalue weighted by atomic mass is 127. The summed E-state index contributed by atoms with van der Waals surface area (Å²) in [5.41, 5.74) is 0. The van der Waals surface area contributed by atoms with Crippen molar-refractivity contribution < 1.29 is 0 Å². The molecule has 0 heterocycles. The standard InChI is InChI=1S/C8H18I3NSi/c1-3-5-7-12(8-6-4-2)13(9,10)11/h3-8H2,1-2H3. The van der Waals surface area contributed by atoms with Crippen molar-refractivity contribution in [1.29, 1.82) is 0 Å². The Hall–Kier alpha value is 2.37. The first-order valence-electron chi connectivity index (χ1n) is 4.84. The zero-order chi connectivity index (χ0) is 10.3. The molecule has 0 aromatic heterocycles. The van der Waals surface area contributed by atoms with Gasteiger partial charge in [0.25, 0.3) is 0 Å². The minimum atomic E-state index is -1.12. The molecule has 0 bridgehead atoms. The molecule has 0 aliphatic heterocycles. The smallest absolute Gasteiger partial charge is 0.300 e. The van der Waals surface area contributed by atoms with Gasteiger partial charge in [-0.3, -0.25) is 0 Å². The first kappa shape index (κ1) is 15.4. The van der Waals surface area contributed by atoms with Crippen LogP contribution < -0.4 is 0 Å². The van der Waals surface area contributed by atoms with E-state index in [1.54, 1.807) is 0 Å². The average Bonchev–Trinajstić information content (AvgIpc) is 2.02. The molecule has 1 nitrogen and oxygen atoms in total. The van der Waals surface area contributed by atoms with Gasteiger partial charge in [0, 0.05) is 0 Å². The monoisotopic (exact) mass is 537 g/mol. The van der Waals surface area contributed by atoms with Gasteiger partial charge in [0.1, 0.15) is 0 Å². The van der Waals surface area contributed by atoms with Crippen molar-refractivity contribution in [1.82, 2.24) is 4.57 Å². The van der Waals surface area contributed by atoms with Crippen LogP contribution in [0.15, 0.2) is 0 Å². The van der Waals surface area contributed by atoms with Crippen LogP contribution in [0.3, 0.4) is 0 Å². The fourth-order valence-electron chi connectivity index (χ4n) is 1.06. The van der Waals surface area contributed by atoms with E-state index in [0.717, 1.165) is 0 Å². The summed E-state index contributed by atoms with van der Waals surface area (Å²) in [6.07, 6.45) is 5.34. The highest BCUT2D eigenvalue weighted by Gasteiger charge is 2.30. The molecule has 80 valence electrons. The molecule has 0 rings (SSSR count). The Labute approximate surface area is 122 Å². The zero-order valence-corrected chi connectivity index (χ0v) is 15.8. The molecule has 0 saturated heterocycles. The summed E-state index contributed by atoms with van der Waals surface area (Å²) in [5.74, 6) is 0. The molecular formula is C8H18I3NSi. The van der Waals surface area contributed by atoms with Crippen molar-refractivity contribution in [3.8, 4) is 0 Å². The summed E-state index contributed by atoms with van der Waals surface area (Å²) in [7, 11) is 0. The normalized spacial score (nSPS) is 12.5. The molecular weight excluding hydrogens is 519 g/mol. The number of hydrogen-bond acceptors (Lipinski definition) is 1. The van der Waals surface area contributed by atoms with Gasteiger partial charge in [-0.05, 0) is 25.9 Å². The fraction of sp³-hybridized carbons (Fsp3) is 1.00. The highest BCUT2D eigenvalue weighted by Crippen LogP contribution is 2.33. The molecule has 0 fully saturated rings. The number of unbranched alkanes of at least 4 members (excludes halogenated alkanes) is 2. The summed E-state index contributed by atoms with van der Waals surface area (Å²) in [4.78, 5) is 0. The predicted octanol–water partition coefficient (Wildman–Crippen LogP) is 4.63. The third-order valence-electron chi connectivity index (χ3n) is 1.92. The van der Waals surface area contributed by atoms with Crippen LogP contribution in [0.4, 0.5) is 0 Å². The molecule has 0 unspecified atom stereocenters. The number of rotatable bonds is 7. The van der Waals surface area contributed by atoms with Gasteiger partial charge in [-0.15, -0.1) is 0 Å². The Bertz CT molecular complexity index is 119. The third-order valence-corrected chi connectivity index (χ3v) is 9.23. The van der Waals surface area contributed by atoms with Gasteiger partial charge in [-0.1, -0.05) is 92.1 Å². The van der Waals surface area contributed by atoms with Crippen LogP contribution in [0.2, 0.25) is 0 Å². The van der Waals surface area contributed by atoms with E-state index in [-0.39, 0.29) is 0 Å². The van der Waals surface area contributed by atoms with E-state index in [0.29, 0.717) is 0 Å². The first-order chi connectivity index (χ1) is 6.02. The number of halogens is 3. The molecule has 0 atom stereocenters. The van der Waals surface area contributed by atoms with E-state index in [2.05, 4.69) is 83.8 Å². The maximum Gasteiger partial charge on any atom is 0.329 e. The fourth-order valence-corrected chi connectivity index (χ4v) is 6.23. The summed E-state index contributed by atoms with van der Waals surface area (Å²) in [6, 6.07) is 0. The maximum absolute atomic E-state index is 2.71. The molecule has 0 spiro atoms. The summed E-state index contributed by atoms with van der Waals surface area (Å²) in [5, 5.41) is 0. The summed E-state index contributed by atoms with van der Waals surface area (Å²) in [6.45, 7) is 7.15. The quantitative estimate of drug-likeness (QED) is 0.261. The summed E-state index contributed by atoms with van der Waals surface area (Å²) >= 11 is 7.97. The lowest BCUT2D eigenvalue weighted by Crippen LogP contribution is -2.39. The van der Waals surface area contributed by atoms with Crippen LogP contribution in [0.25, 0.3) is 0 Å². The molecule has 0 aromatic rings. The van der Waals surface area contributed by atoms with Crippen LogP contribution in [-0.4, -0.2) is 18.4 Å². The molecule has 0 aliphatic carbocycles. The van der Waals surface area contributed by atoms with Crippen molar-refractivity contribution in [3.63, 3.8) is 0 Å². The lowest BCUT2D eigenvalue weighted by molar-refractivity contribution is 0.425. The van der Waals surface area contributed by atoms with E-state index in [1.165, 1.54) is 38.8 Å². The Kier molecular flexibility index (Phi) is 10.1. The van der Waals surface area contributed by atoms with Crippen molar-refractivity contribution in [2.75, 3.05) is 13.1 Å². The lowest BCUT2D eigenvalue weighted by atomic mass is 10.3. The second-order valence-corrected chi connectivity index (χ2v) is 37.4. The average molecular weight is 537 g/mol. The zero-order valence-electron chi connectivity index (χ0n) is 8.32. The Morgan fingerprint density at radius 1 is 0.923 bits per heavy atom. The Morgan fingerprint density at radius 3 is 1.54 bits per heavy atom. The van der Waals surface area contributed by atoms with Crippen LogP contribution in [0.5, 0.6) is 0 Å². The van der Waals surface area contributed by atoms with Gasteiger partial charge in [0.15, 0.2) is 0 Å². The van der Waals surface area contributed by atoms with E-state index in [4.69, 9.17) is 0 Å². The van der Waals surface area contributed by atoms with Crippen molar-refractivity contribution >= 4 is 66.1 Å². The second-order valence-electron chi connectivity index (χ2n) is 3.16. The van der Waals surface area contributed by atoms with E-state index in [1.807, 2.05) is 0 Å². The van der Waals surface area contributed by atoms with Crippen LogP contribution >= 0.6 is 65.4 Å². The van der Waals surface area contributed by atoms with Gasteiger partial charge in [-0.25, -0.2) is 0 Å². The lowest BCUT2D eigenvalue weighted by Gasteiger charge is -2.28. The third kappa shape index (κ3) is 8.20. The SMILES string of the molecule is CCCCN(CCCC)[Si](I)(I)I. The molecule has 13 heavy (non-hydrogen) atoms. The van der Waals surface area contributed by atoms with E-state index < -0.39 is 0.725 Å². The number of hydrogen-bond donors (Lipinski definition) is 0. The maximum atomic E-state index is 2.71. The molecule has 0 aliphatic rings. The molecule has 0 N–H and O–H groups in total. The van der Waals surface area contributed by atoms with Crippen molar-refractivity contribution in [2.24, 2.45) is 0 Å². The molecule has 5 heteroatoms. The van der Waals surface area contributed by atoms with Crippen LogP contribution in [0.1, 0.15) is 39.5 Å². The van der Waals surface area contributed by atoms with Gasteiger partial charge in [0.05, 0.1) is 0 Å². The second kappa shape index (κ2) is 8.51. The van der Waals surface area contributed by atoms with Gasteiger partial charge >= 0.3 is 0.725 Å². The Balaban J connectivity index is 3.88. The summed E-state index contributed by atoms with van der Waals surface area (Å²) < 4.78 is 1.59. The van der Waals surface area contributed by atoms with Crippen LogP contribution in [0, 0.1) is 0 Å². The minimum absolute atomic E-state index is 1.12. The van der Waals surface area contributed by atoms with Gasteiger partial charge < -0.3 is 4.57 Å².